The van der Waals surface area contributed by atoms with Gasteiger partial charge in [-0.15, -0.1) is 0 Å². The highest BCUT2D eigenvalue weighted by Gasteiger charge is 2.77. The van der Waals surface area contributed by atoms with E-state index >= 15 is 0 Å². The first kappa shape index (κ1) is 26.5. The third-order valence-electron chi connectivity index (χ3n) is 5.20. The van der Waals surface area contributed by atoms with Crippen molar-refractivity contribution in [3.8, 4) is 22.8 Å². The second kappa shape index (κ2) is 8.84. The number of sulfone groups is 1. The molecule has 3 aromatic heterocycles. The lowest BCUT2D eigenvalue weighted by Gasteiger charge is -2.32. The summed E-state index contributed by atoms with van der Waals surface area (Å²) >= 11 is 0. The summed E-state index contributed by atoms with van der Waals surface area (Å²) < 4.78 is 133. The van der Waals surface area contributed by atoms with Gasteiger partial charge < -0.3 is 4.57 Å². The smallest absolute Gasteiger partial charge is 0.327 e. The Hall–Kier alpha value is -3.10. The van der Waals surface area contributed by atoms with Crippen LogP contribution in [0.3, 0.4) is 0 Å². The van der Waals surface area contributed by atoms with Crippen molar-refractivity contribution in [2.45, 2.75) is 36.0 Å². The Bertz CT molecular complexity index is 1310. The summed E-state index contributed by atoms with van der Waals surface area (Å²) in [5.41, 5.74) is -7.58. The van der Waals surface area contributed by atoms with Crippen LogP contribution < -0.4 is 0 Å². The van der Waals surface area contributed by atoms with Crippen LogP contribution in [0.4, 0.5) is 35.1 Å². The molecule has 0 saturated carbocycles. The Morgan fingerprint density at radius 1 is 0.971 bits per heavy atom. The first-order valence-corrected chi connectivity index (χ1v) is 11.3. The predicted octanol–water partition coefficient (Wildman–Crippen LogP) is 5.18. The lowest BCUT2D eigenvalue weighted by molar-refractivity contribution is -0.359. The lowest BCUT2D eigenvalue weighted by atomic mass is 9.96. The average molecular weight is 528 g/mol. The topological polar surface area (TPSA) is 77.7 Å². The van der Waals surface area contributed by atoms with Crippen LogP contribution in [-0.4, -0.2) is 51.7 Å². The van der Waals surface area contributed by atoms with E-state index in [0.29, 0.717) is 10.3 Å². The number of alkyl halides is 8. The van der Waals surface area contributed by atoms with Crippen LogP contribution in [0, 0.1) is 0 Å². The fourth-order valence-corrected chi connectivity index (χ4v) is 4.26. The second-order valence-corrected chi connectivity index (χ2v) is 9.57. The van der Waals surface area contributed by atoms with Crippen LogP contribution in [0.15, 0.2) is 47.8 Å². The standard InChI is InChI=1S/C20H16F8N4O2S/c1-3-35(33,34)14-8-11(12-6-4-5-7-29-12)9-30-15(14)17-31-10-13(32(17)2)16(21)18(22,19(23,24)25)20(26,27)28/h4-10,16H,3H2,1-2H3/t16-/m1/s1. The van der Waals surface area contributed by atoms with E-state index in [-0.39, 0.29) is 11.8 Å². The summed E-state index contributed by atoms with van der Waals surface area (Å²) in [4.78, 5) is 11.1. The zero-order chi connectivity index (χ0) is 26.4. The molecule has 0 unspecified atom stereocenters. The molecule has 35 heavy (non-hydrogen) atoms. The Morgan fingerprint density at radius 2 is 1.60 bits per heavy atom. The molecule has 0 aliphatic carbocycles. The number of pyridine rings is 2. The van der Waals surface area contributed by atoms with E-state index in [1.165, 1.54) is 13.1 Å². The van der Waals surface area contributed by atoms with Crippen molar-refractivity contribution in [2.75, 3.05) is 5.75 Å². The normalized spacial score (nSPS) is 14.2. The molecule has 0 saturated heterocycles. The Morgan fingerprint density at radius 3 is 2.11 bits per heavy atom. The van der Waals surface area contributed by atoms with Crippen molar-refractivity contribution in [2.24, 2.45) is 7.05 Å². The zero-order valence-corrected chi connectivity index (χ0v) is 18.7. The Labute approximate surface area is 193 Å². The van der Waals surface area contributed by atoms with Gasteiger partial charge in [-0.2, -0.15) is 26.3 Å². The monoisotopic (exact) mass is 528 g/mol. The molecule has 3 heterocycles. The van der Waals surface area contributed by atoms with E-state index < -0.39 is 61.9 Å². The minimum absolute atomic E-state index is 0.232. The number of imidazole rings is 1. The largest absolute Gasteiger partial charge is 0.434 e. The van der Waals surface area contributed by atoms with Gasteiger partial charge >= 0.3 is 18.0 Å². The van der Waals surface area contributed by atoms with Crippen molar-refractivity contribution in [1.29, 1.82) is 0 Å². The molecule has 0 fully saturated rings. The summed E-state index contributed by atoms with van der Waals surface area (Å²) in [6.07, 6.45) is -14.7. The molecule has 190 valence electrons. The molecular formula is C20H16F8N4O2S. The van der Waals surface area contributed by atoms with Gasteiger partial charge in [-0.25, -0.2) is 22.2 Å². The molecular weight excluding hydrogens is 512 g/mol. The highest BCUT2D eigenvalue weighted by Crippen LogP contribution is 2.54. The zero-order valence-electron chi connectivity index (χ0n) is 17.9. The minimum Gasteiger partial charge on any atom is -0.327 e. The lowest BCUT2D eigenvalue weighted by Crippen LogP contribution is -2.56. The summed E-state index contributed by atoms with van der Waals surface area (Å²) in [5, 5.41) is 0. The molecule has 0 aliphatic heterocycles. The van der Waals surface area contributed by atoms with Crippen molar-refractivity contribution in [3.05, 3.63) is 48.5 Å². The highest BCUT2D eigenvalue weighted by molar-refractivity contribution is 7.91. The number of rotatable bonds is 6. The molecule has 0 aromatic carbocycles. The SMILES string of the molecule is CCS(=O)(=O)c1cc(-c2ccccn2)cnc1-c1ncc([C@@H](F)C(F)(C(F)(F)F)C(F)(F)F)n1C. The minimum atomic E-state index is -6.64. The Kier molecular flexibility index (Phi) is 6.69. The molecule has 0 amide bonds. The van der Waals surface area contributed by atoms with Crippen LogP contribution in [0.25, 0.3) is 22.8 Å². The molecule has 0 bridgehead atoms. The van der Waals surface area contributed by atoms with E-state index in [1.54, 1.807) is 18.2 Å². The van der Waals surface area contributed by atoms with Crippen molar-refractivity contribution in [3.63, 3.8) is 0 Å². The van der Waals surface area contributed by atoms with Gasteiger partial charge in [-0.1, -0.05) is 13.0 Å². The molecule has 1 atom stereocenters. The van der Waals surface area contributed by atoms with Gasteiger partial charge in [0.2, 0.25) is 0 Å². The van der Waals surface area contributed by atoms with E-state index in [0.717, 1.165) is 19.3 Å². The number of aromatic nitrogens is 4. The molecule has 0 radical (unpaired) electrons. The predicted molar refractivity (Wildman–Crippen MR) is 107 cm³/mol. The van der Waals surface area contributed by atoms with E-state index in [1.807, 2.05) is 0 Å². The number of halogens is 8. The maximum absolute atomic E-state index is 14.6. The maximum atomic E-state index is 14.6. The van der Waals surface area contributed by atoms with Gasteiger partial charge in [0.05, 0.1) is 28.2 Å². The molecule has 0 aliphatic rings. The van der Waals surface area contributed by atoms with Crippen molar-refractivity contribution >= 4 is 9.84 Å². The summed E-state index contributed by atoms with van der Waals surface area (Å²) in [5.74, 6) is -1.04. The van der Waals surface area contributed by atoms with Gasteiger partial charge in [0.25, 0.3) is 0 Å². The third-order valence-corrected chi connectivity index (χ3v) is 6.94. The fraction of sp³-hybridized carbons (Fsp3) is 0.350. The fourth-order valence-electron chi connectivity index (χ4n) is 3.21. The number of nitrogens with zero attached hydrogens (tertiary/aromatic N) is 4. The maximum Gasteiger partial charge on any atom is 0.434 e. The van der Waals surface area contributed by atoms with Crippen LogP contribution in [0.5, 0.6) is 0 Å². The van der Waals surface area contributed by atoms with E-state index in [9.17, 15) is 43.5 Å². The Balaban J connectivity index is 2.20. The summed E-state index contributed by atoms with van der Waals surface area (Å²) in [6, 6.07) is 5.90. The van der Waals surface area contributed by atoms with E-state index in [4.69, 9.17) is 0 Å². The number of hydrogen-bond acceptors (Lipinski definition) is 5. The second-order valence-electron chi connectivity index (χ2n) is 7.32. The molecule has 3 aromatic rings. The molecule has 15 heteroatoms. The number of hydrogen-bond donors (Lipinski definition) is 0. The third kappa shape index (κ3) is 4.48. The van der Waals surface area contributed by atoms with E-state index in [2.05, 4.69) is 15.0 Å². The van der Waals surface area contributed by atoms with Crippen molar-refractivity contribution < 1.29 is 43.5 Å². The van der Waals surface area contributed by atoms with Gasteiger partial charge in [0, 0.05) is 25.0 Å². The van der Waals surface area contributed by atoms with Crippen LogP contribution >= 0.6 is 0 Å². The highest BCUT2D eigenvalue weighted by atomic mass is 32.2. The molecule has 6 nitrogen and oxygen atoms in total. The first-order valence-electron chi connectivity index (χ1n) is 9.68. The van der Waals surface area contributed by atoms with Crippen molar-refractivity contribution in [1.82, 2.24) is 19.5 Å². The molecule has 3 rings (SSSR count). The van der Waals surface area contributed by atoms with Gasteiger partial charge in [0.15, 0.2) is 21.8 Å². The molecule has 0 N–H and O–H groups in total. The summed E-state index contributed by atoms with van der Waals surface area (Å²) in [7, 11) is -3.27. The van der Waals surface area contributed by atoms with Gasteiger partial charge in [0.1, 0.15) is 5.69 Å². The van der Waals surface area contributed by atoms with Gasteiger partial charge in [-0.3, -0.25) is 9.97 Å². The summed E-state index contributed by atoms with van der Waals surface area (Å²) in [6.45, 7) is 1.29. The first-order chi connectivity index (χ1) is 16.1. The van der Waals surface area contributed by atoms with Crippen LogP contribution in [0.2, 0.25) is 0 Å². The van der Waals surface area contributed by atoms with Gasteiger partial charge in [-0.05, 0) is 18.2 Å². The average Bonchev–Trinajstić information content (AvgIpc) is 3.17. The van der Waals surface area contributed by atoms with Crippen LogP contribution in [-0.2, 0) is 16.9 Å². The van der Waals surface area contributed by atoms with Crippen LogP contribution in [0.1, 0.15) is 18.8 Å². The quantitative estimate of drug-likeness (QED) is 0.412. The molecule has 0 spiro atoms.